The topological polar surface area (TPSA) is 175 Å². The number of amides is 1. The molecule has 7 atom stereocenters. The maximum Gasteiger partial charge on any atom is 0.305 e. The normalized spacial score (nSPS) is 18.2. The maximum absolute atomic E-state index is 13.0. The number of hydrogen-bond acceptors (Lipinski definition) is 10. The Morgan fingerprint density at radius 1 is 0.420 bits per heavy atom. The van der Waals surface area contributed by atoms with Gasteiger partial charge >= 0.3 is 5.97 Å². The van der Waals surface area contributed by atoms with Crippen LogP contribution >= 0.6 is 0 Å². The number of carbonyl (C=O) groups excluding carboxylic acids is 2. The largest absolute Gasteiger partial charge is 0.466 e. The fourth-order valence-electron chi connectivity index (χ4n) is 11.4. The number of unbranched alkanes of at least 4 members (excludes halogenated alkanes) is 41. The van der Waals surface area contributed by atoms with E-state index in [0.717, 1.165) is 83.5 Å². The highest BCUT2D eigenvalue weighted by Gasteiger charge is 2.44. The summed E-state index contributed by atoms with van der Waals surface area (Å²) in [6.07, 6.45) is 79.3. The van der Waals surface area contributed by atoms with Crippen LogP contribution in [0, 0.1) is 0 Å². The van der Waals surface area contributed by atoms with Gasteiger partial charge in [-0.2, -0.15) is 0 Å². The second kappa shape index (κ2) is 65.6. The minimum Gasteiger partial charge on any atom is -0.466 e. The lowest BCUT2D eigenvalue weighted by Gasteiger charge is -2.40. The van der Waals surface area contributed by atoms with E-state index in [-0.39, 0.29) is 18.5 Å². The molecule has 7 unspecified atom stereocenters. The van der Waals surface area contributed by atoms with E-state index in [2.05, 4.69) is 79.9 Å². The second-order valence-electron chi connectivity index (χ2n) is 25.6. The summed E-state index contributed by atoms with van der Waals surface area (Å²) >= 11 is 0. The summed E-state index contributed by atoms with van der Waals surface area (Å²) in [5.41, 5.74) is 0. The van der Waals surface area contributed by atoms with Crippen molar-refractivity contribution >= 4 is 11.9 Å². The predicted octanol–water partition coefficient (Wildman–Crippen LogP) is 19.5. The van der Waals surface area contributed by atoms with Gasteiger partial charge in [0.15, 0.2) is 6.29 Å². The van der Waals surface area contributed by atoms with Crippen LogP contribution in [0.1, 0.15) is 341 Å². The van der Waals surface area contributed by atoms with Crippen LogP contribution in [0.4, 0.5) is 0 Å². The van der Waals surface area contributed by atoms with Gasteiger partial charge in [0.05, 0.1) is 32.0 Å². The average Bonchev–Trinajstić information content (AvgIpc) is 2.02. The Labute approximate surface area is 541 Å². The fraction of sp³-hybridized carbons (Fsp3) is 0.818. The fourth-order valence-corrected chi connectivity index (χ4v) is 11.4. The molecule has 512 valence electrons. The average molecular weight is 1240 g/mol. The Morgan fingerprint density at radius 3 is 1.24 bits per heavy atom. The smallest absolute Gasteiger partial charge is 0.305 e. The molecular weight excluding hydrogens is 1100 g/mol. The molecule has 0 saturated carbocycles. The van der Waals surface area contributed by atoms with Crippen LogP contribution in [0.5, 0.6) is 0 Å². The number of nitrogens with one attached hydrogen (secondary N) is 1. The van der Waals surface area contributed by atoms with E-state index in [9.17, 15) is 35.1 Å². The van der Waals surface area contributed by atoms with Crippen LogP contribution in [0.15, 0.2) is 72.9 Å². The Balaban J connectivity index is 1.92. The van der Waals surface area contributed by atoms with Crippen molar-refractivity contribution in [2.24, 2.45) is 0 Å². The first-order valence-corrected chi connectivity index (χ1v) is 37.2. The van der Waals surface area contributed by atoms with Crippen LogP contribution in [-0.4, -0.2) is 100 Å². The zero-order valence-corrected chi connectivity index (χ0v) is 56.9. The highest BCUT2D eigenvalue weighted by Crippen LogP contribution is 2.23. The molecule has 1 rings (SSSR count). The number of allylic oxidation sites excluding steroid dienone is 11. The van der Waals surface area contributed by atoms with Crippen molar-refractivity contribution in [3.05, 3.63) is 72.9 Å². The van der Waals surface area contributed by atoms with Crippen LogP contribution in [0.3, 0.4) is 0 Å². The third kappa shape index (κ3) is 53.7. The number of aliphatic hydroxyl groups excluding tert-OH is 5. The van der Waals surface area contributed by atoms with Crippen LogP contribution in [0.25, 0.3) is 0 Å². The van der Waals surface area contributed by atoms with Crippen molar-refractivity contribution in [3.8, 4) is 0 Å². The molecule has 88 heavy (non-hydrogen) atoms. The molecule has 0 bridgehead atoms. The van der Waals surface area contributed by atoms with Crippen molar-refractivity contribution in [3.63, 3.8) is 0 Å². The van der Waals surface area contributed by atoms with E-state index in [1.165, 1.54) is 231 Å². The summed E-state index contributed by atoms with van der Waals surface area (Å²) < 4.78 is 16.7. The first-order chi connectivity index (χ1) is 43.2. The van der Waals surface area contributed by atoms with Gasteiger partial charge in [0, 0.05) is 12.8 Å². The summed E-state index contributed by atoms with van der Waals surface area (Å²) in [5, 5.41) is 54.4. The molecule has 0 aromatic heterocycles. The summed E-state index contributed by atoms with van der Waals surface area (Å²) in [6.45, 7) is 4.25. The van der Waals surface area contributed by atoms with E-state index >= 15 is 0 Å². The lowest BCUT2D eigenvalue weighted by Crippen LogP contribution is -2.60. The van der Waals surface area contributed by atoms with Crippen molar-refractivity contribution in [1.82, 2.24) is 5.32 Å². The molecule has 6 N–H and O–H groups in total. The molecule has 0 radical (unpaired) electrons. The first kappa shape index (κ1) is 83.1. The minimum atomic E-state index is -1.58. The quantitative estimate of drug-likeness (QED) is 0.0195. The number of ether oxygens (including phenoxy) is 3. The molecule has 1 heterocycles. The van der Waals surface area contributed by atoms with E-state index in [4.69, 9.17) is 14.2 Å². The third-order valence-electron chi connectivity index (χ3n) is 17.2. The SMILES string of the molecule is CCC/C=C/CC/C=C/CC/C=C/C(O)C(COC1OC(CO)C(O)C(O)C1O)NC(=O)CCCCCCCCCCCCCCCCCCC/C=C\C/C=C\CCCCCCCCCCCCCCCOC(=O)CCCCCCC/C=C\CCCCC. The van der Waals surface area contributed by atoms with E-state index in [1.54, 1.807) is 6.08 Å². The molecule has 0 aromatic rings. The Kier molecular flexibility index (Phi) is 61.9. The lowest BCUT2D eigenvalue weighted by atomic mass is 9.99. The summed E-state index contributed by atoms with van der Waals surface area (Å²) in [7, 11) is 0. The molecule has 1 amide bonds. The van der Waals surface area contributed by atoms with Gasteiger partial charge in [-0.3, -0.25) is 9.59 Å². The Morgan fingerprint density at radius 2 is 0.795 bits per heavy atom. The first-order valence-electron chi connectivity index (χ1n) is 37.2. The molecule has 0 aliphatic carbocycles. The van der Waals surface area contributed by atoms with Crippen molar-refractivity contribution < 1.29 is 49.3 Å². The maximum atomic E-state index is 13.0. The summed E-state index contributed by atoms with van der Waals surface area (Å²) in [5.74, 6) is -0.193. The number of rotatable bonds is 65. The molecule has 0 aromatic carbocycles. The lowest BCUT2D eigenvalue weighted by molar-refractivity contribution is -0.302. The summed E-state index contributed by atoms with van der Waals surface area (Å²) in [6, 6.07) is -0.833. The van der Waals surface area contributed by atoms with Crippen molar-refractivity contribution in [1.29, 1.82) is 0 Å². The number of esters is 1. The van der Waals surface area contributed by atoms with Crippen LogP contribution in [0.2, 0.25) is 0 Å². The van der Waals surface area contributed by atoms with Crippen LogP contribution < -0.4 is 5.32 Å². The highest BCUT2D eigenvalue weighted by molar-refractivity contribution is 5.76. The van der Waals surface area contributed by atoms with E-state index < -0.39 is 49.5 Å². The number of aliphatic hydroxyl groups is 5. The number of carbonyl (C=O) groups is 2. The Hall–Kier alpha value is -2.90. The Bertz CT molecular complexity index is 1690. The molecule has 1 fully saturated rings. The van der Waals surface area contributed by atoms with Gasteiger partial charge in [-0.1, -0.05) is 292 Å². The molecule has 1 aliphatic rings. The van der Waals surface area contributed by atoms with Gasteiger partial charge in [-0.25, -0.2) is 0 Å². The van der Waals surface area contributed by atoms with Gasteiger partial charge < -0.3 is 45.1 Å². The van der Waals surface area contributed by atoms with E-state index in [0.29, 0.717) is 19.4 Å². The third-order valence-corrected chi connectivity index (χ3v) is 17.2. The molecular formula is C77H139NO10. The van der Waals surface area contributed by atoms with Crippen molar-refractivity contribution in [2.75, 3.05) is 19.8 Å². The molecule has 0 spiro atoms. The monoisotopic (exact) mass is 1240 g/mol. The zero-order valence-electron chi connectivity index (χ0n) is 56.9. The van der Waals surface area contributed by atoms with Gasteiger partial charge in [0.1, 0.15) is 24.4 Å². The second-order valence-corrected chi connectivity index (χ2v) is 25.6. The minimum absolute atomic E-state index is 0.00181. The van der Waals surface area contributed by atoms with Gasteiger partial charge in [0.2, 0.25) is 5.91 Å². The standard InChI is InChI=1S/C77H139NO10/c1-3-5-7-9-11-13-15-45-49-53-57-61-65-73(82)86-66-62-58-54-50-46-42-40-38-36-34-32-30-28-26-24-22-20-18-16-17-19-21-23-25-27-29-31-33-35-37-39-41-44-48-52-56-60-64-72(81)78-69(68-87-77-76(85)75(84)74(83)71(67-79)88-77)70(80)63-59-55-51-47-43-14-12-10-8-6-4-2/h8,10-11,13,16,18,22,24,43,47,59,63,69-71,74-77,79-80,83-85H,3-7,9,12,14-15,17,19-21,23,25-42,44-46,48-58,60-62,64-68H2,1-2H3,(H,78,81)/b10-8+,13-11-,18-16-,24-22-,47-43+,63-59+. The van der Waals surface area contributed by atoms with Gasteiger partial charge in [0.25, 0.3) is 0 Å². The van der Waals surface area contributed by atoms with Gasteiger partial charge in [-0.05, 0) is 109 Å². The zero-order chi connectivity index (χ0) is 63.7. The predicted molar refractivity (Wildman–Crippen MR) is 370 cm³/mol. The molecule has 1 saturated heterocycles. The van der Waals surface area contributed by atoms with Gasteiger partial charge in [-0.15, -0.1) is 0 Å². The van der Waals surface area contributed by atoms with Crippen LogP contribution in [-0.2, 0) is 23.8 Å². The summed E-state index contributed by atoms with van der Waals surface area (Å²) in [4.78, 5) is 25.1. The van der Waals surface area contributed by atoms with E-state index in [1.807, 2.05) is 6.08 Å². The number of hydrogen-bond donors (Lipinski definition) is 6. The molecule has 11 nitrogen and oxygen atoms in total. The highest BCUT2D eigenvalue weighted by atomic mass is 16.7. The molecule has 11 heteroatoms. The van der Waals surface area contributed by atoms with Crippen molar-refractivity contribution in [2.45, 2.75) is 384 Å². The molecule has 1 aliphatic heterocycles.